The zero-order chi connectivity index (χ0) is 24.5. The number of hydrogen-bond donors (Lipinski definition) is 4. The van der Waals surface area contributed by atoms with Crippen LogP contribution in [0.3, 0.4) is 0 Å². The summed E-state index contributed by atoms with van der Waals surface area (Å²) in [6.07, 6.45) is 4.19. The Labute approximate surface area is 200 Å². The highest BCUT2D eigenvalue weighted by Crippen LogP contribution is 2.18. The van der Waals surface area contributed by atoms with Crippen molar-refractivity contribution < 1.29 is 15.0 Å². The number of amides is 1. The molecule has 1 unspecified atom stereocenters. The molecular formula is C25H31ClN4O3. The van der Waals surface area contributed by atoms with Crippen LogP contribution in [-0.4, -0.2) is 45.3 Å². The molecular weight excluding hydrogens is 440 g/mol. The molecule has 4 N–H and O–H groups in total. The molecule has 8 heteroatoms. The minimum atomic E-state index is -0.231. The Bertz CT molecular complexity index is 967. The number of benzene rings is 2. The monoisotopic (exact) mass is 470 g/mol. The highest BCUT2D eigenvalue weighted by Gasteiger charge is 2.07. The van der Waals surface area contributed by atoms with Crippen molar-refractivity contribution in [1.82, 2.24) is 15.3 Å². The molecule has 3 aromatic rings. The molecule has 1 atom stereocenters. The molecule has 176 valence electrons. The molecule has 1 aromatic heterocycles. The number of nitrogens with one attached hydrogen (secondary N) is 2. The lowest BCUT2D eigenvalue weighted by Crippen LogP contribution is -2.26. The molecule has 0 radical (unpaired) electrons. The Balaban J connectivity index is 0.000000508. The Kier molecular flexibility index (Phi) is 13.6. The zero-order valence-corrected chi connectivity index (χ0v) is 19.8. The number of aromatic nitrogens is 2. The molecule has 0 aliphatic rings. The fourth-order valence-electron chi connectivity index (χ4n) is 2.45. The lowest BCUT2D eigenvalue weighted by atomic mass is 10.1. The van der Waals surface area contributed by atoms with Gasteiger partial charge in [0.25, 0.3) is 5.91 Å². The van der Waals surface area contributed by atoms with E-state index in [-0.39, 0.29) is 25.1 Å². The van der Waals surface area contributed by atoms with E-state index in [2.05, 4.69) is 20.6 Å². The van der Waals surface area contributed by atoms with Gasteiger partial charge in [-0.3, -0.25) is 4.79 Å². The first-order valence-corrected chi connectivity index (χ1v) is 11.0. The summed E-state index contributed by atoms with van der Waals surface area (Å²) in [4.78, 5) is 20.4. The number of anilines is 1. The summed E-state index contributed by atoms with van der Waals surface area (Å²) in [5, 5.41) is 23.9. The second-order valence-electron chi connectivity index (χ2n) is 6.39. The number of aliphatic hydroxyl groups excluding tert-OH is 2. The van der Waals surface area contributed by atoms with Gasteiger partial charge in [0.05, 0.1) is 18.6 Å². The van der Waals surface area contributed by atoms with Crippen molar-refractivity contribution in [3.05, 3.63) is 89.8 Å². The molecule has 0 bridgehead atoms. The zero-order valence-electron chi connectivity index (χ0n) is 19.1. The SMILES string of the molecule is CC.CC(C=CO)Nc1nccc(-c2ccc(C(=O)NCCO)cc2)n1.Clc1ccccc1. The van der Waals surface area contributed by atoms with Crippen LogP contribution in [0.15, 0.2) is 79.2 Å². The first-order chi connectivity index (χ1) is 16.0. The predicted molar refractivity (Wildman–Crippen MR) is 135 cm³/mol. The molecule has 0 aliphatic heterocycles. The number of carbonyl (C=O) groups excluding carboxylic acids is 1. The maximum atomic E-state index is 11.8. The Hall–Kier alpha value is -3.42. The summed E-state index contributed by atoms with van der Waals surface area (Å²) < 4.78 is 0. The highest BCUT2D eigenvalue weighted by atomic mass is 35.5. The second-order valence-corrected chi connectivity index (χ2v) is 6.83. The maximum Gasteiger partial charge on any atom is 0.251 e. The Morgan fingerprint density at radius 2 is 1.76 bits per heavy atom. The molecule has 7 nitrogen and oxygen atoms in total. The van der Waals surface area contributed by atoms with Crippen LogP contribution in [0.2, 0.25) is 5.02 Å². The second kappa shape index (κ2) is 16.2. The predicted octanol–water partition coefficient (Wildman–Crippen LogP) is 5.10. The van der Waals surface area contributed by atoms with Gasteiger partial charge in [-0.1, -0.05) is 55.8 Å². The van der Waals surface area contributed by atoms with E-state index in [0.29, 0.717) is 11.5 Å². The minimum Gasteiger partial charge on any atom is -0.516 e. The van der Waals surface area contributed by atoms with Crippen LogP contribution < -0.4 is 10.6 Å². The summed E-state index contributed by atoms with van der Waals surface area (Å²) in [5.41, 5.74) is 2.08. The van der Waals surface area contributed by atoms with E-state index < -0.39 is 0 Å². The molecule has 1 heterocycles. The molecule has 2 aromatic carbocycles. The van der Waals surface area contributed by atoms with Gasteiger partial charge in [0.15, 0.2) is 0 Å². The van der Waals surface area contributed by atoms with Crippen LogP contribution in [0.25, 0.3) is 11.3 Å². The fourth-order valence-corrected chi connectivity index (χ4v) is 2.59. The average Bonchev–Trinajstić information content (AvgIpc) is 2.85. The van der Waals surface area contributed by atoms with E-state index >= 15 is 0 Å². The van der Waals surface area contributed by atoms with Crippen molar-refractivity contribution >= 4 is 23.5 Å². The molecule has 0 saturated carbocycles. The largest absolute Gasteiger partial charge is 0.516 e. The van der Waals surface area contributed by atoms with Crippen molar-refractivity contribution in [2.75, 3.05) is 18.5 Å². The summed E-state index contributed by atoms with van der Waals surface area (Å²) >= 11 is 5.54. The smallest absolute Gasteiger partial charge is 0.251 e. The fraction of sp³-hybridized carbons (Fsp3) is 0.240. The molecule has 0 saturated heterocycles. The van der Waals surface area contributed by atoms with E-state index in [0.717, 1.165) is 22.5 Å². The van der Waals surface area contributed by atoms with Crippen LogP contribution in [-0.2, 0) is 0 Å². The maximum absolute atomic E-state index is 11.8. The lowest BCUT2D eigenvalue weighted by molar-refractivity contribution is 0.0945. The minimum absolute atomic E-state index is 0.0928. The lowest BCUT2D eigenvalue weighted by Gasteiger charge is -2.10. The molecule has 0 aliphatic carbocycles. The van der Waals surface area contributed by atoms with Gasteiger partial charge in [0, 0.05) is 34.9 Å². The molecule has 1 amide bonds. The summed E-state index contributed by atoms with van der Waals surface area (Å²) in [6, 6.07) is 18.1. The van der Waals surface area contributed by atoms with Crippen molar-refractivity contribution in [3.63, 3.8) is 0 Å². The van der Waals surface area contributed by atoms with Crippen molar-refractivity contribution in [2.24, 2.45) is 0 Å². The average molecular weight is 471 g/mol. The van der Waals surface area contributed by atoms with E-state index in [4.69, 9.17) is 21.8 Å². The van der Waals surface area contributed by atoms with Gasteiger partial charge < -0.3 is 20.8 Å². The topological polar surface area (TPSA) is 107 Å². The third kappa shape index (κ3) is 10.6. The molecule has 0 fully saturated rings. The van der Waals surface area contributed by atoms with Crippen LogP contribution >= 0.6 is 11.6 Å². The van der Waals surface area contributed by atoms with Crippen LogP contribution in [0.5, 0.6) is 0 Å². The molecule has 0 spiro atoms. The molecule has 3 rings (SSSR count). The van der Waals surface area contributed by atoms with Crippen LogP contribution in [0, 0.1) is 0 Å². The number of nitrogens with zero attached hydrogens (tertiary/aromatic N) is 2. The van der Waals surface area contributed by atoms with Gasteiger partial charge in [-0.25, -0.2) is 9.97 Å². The number of carbonyl (C=O) groups is 1. The van der Waals surface area contributed by atoms with Crippen molar-refractivity contribution in [2.45, 2.75) is 26.8 Å². The van der Waals surface area contributed by atoms with Crippen molar-refractivity contribution in [3.8, 4) is 11.3 Å². The van der Waals surface area contributed by atoms with Gasteiger partial charge in [-0.05, 0) is 43.3 Å². The van der Waals surface area contributed by atoms with E-state index in [1.54, 1.807) is 42.6 Å². The first-order valence-electron chi connectivity index (χ1n) is 10.6. The summed E-state index contributed by atoms with van der Waals surface area (Å²) in [7, 11) is 0. The van der Waals surface area contributed by atoms with Gasteiger partial charge in [-0.2, -0.15) is 0 Å². The van der Waals surface area contributed by atoms with Gasteiger partial charge >= 0.3 is 0 Å². The number of halogens is 1. The van der Waals surface area contributed by atoms with E-state index in [1.165, 1.54) is 0 Å². The Morgan fingerprint density at radius 1 is 1.09 bits per heavy atom. The van der Waals surface area contributed by atoms with Crippen molar-refractivity contribution in [1.29, 1.82) is 0 Å². The highest BCUT2D eigenvalue weighted by molar-refractivity contribution is 6.30. The summed E-state index contributed by atoms with van der Waals surface area (Å²) in [5.74, 6) is 0.216. The van der Waals surface area contributed by atoms with Crippen LogP contribution in [0.1, 0.15) is 31.1 Å². The first kappa shape index (κ1) is 27.6. The third-order valence-electron chi connectivity index (χ3n) is 3.96. The number of aliphatic hydroxyl groups is 2. The quantitative estimate of drug-likeness (QED) is 0.358. The Morgan fingerprint density at radius 3 is 2.30 bits per heavy atom. The normalized spacial score (nSPS) is 10.8. The van der Waals surface area contributed by atoms with E-state index in [9.17, 15) is 4.79 Å². The van der Waals surface area contributed by atoms with Gasteiger partial charge in [-0.15, -0.1) is 0 Å². The number of rotatable bonds is 7. The number of hydrogen-bond acceptors (Lipinski definition) is 6. The third-order valence-corrected chi connectivity index (χ3v) is 4.21. The van der Waals surface area contributed by atoms with Gasteiger partial charge in [0.1, 0.15) is 0 Å². The summed E-state index contributed by atoms with van der Waals surface area (Å²) in [6.45, 7) is 6.00. The standard InChI is InChI=1S/C17H20N4O3.C6H5Cl.C2H6/c1-12(7-10-22)20-17-19-8-6-15(21-17)13-2-4-14(5-3-13)16(24)18-9-11-23;7-6-4-2-1-3-5-6;1-2/h2-8,10,12,22-23H,9,11H2,1H3,(H,18,24)(H,19,20,21);1-5H;1-2H3. The van der Waals surface area contributed by atoms with E-state index in [1.807, 2.05) is 51.1 Å². The van der Waals surface area contributed by atoms with Crippen LogP contribution in [0.4, 0.5) is 5.95 Å². The van der Waals surface area contributed by atoms with Gasteiger partial charge in [0.2, 0.25) is 5.95 Å². The molecule has 33 heavy (non-hydrogen) atoms.